The van der Waals surface area contributed by atoms with Gasteiger partial charge in [-0.1, -0.05) is 11.8 Å². The number of thioether (sulfide) groups is 1. The third-order valence-corrected chi connectivity index (χ3v) is 5.55. The summed E-state index contributed by atoms with van der Waals surface area (Å²) in [7, 11) is 1.60. The number of thiazole rings is 1. The number of methoxy groups -OCH3 is 1. The average Bonchev–Trinajstić information content (AvgIpc) is 2.98. The Labute approximate surface area is 154 Å². The summed E-state index contributed by atoms with van der Waals surface area (Å²) in [4.78, 5) is 17.7. The molecule has 3 rings (SSSR count). The van der Waals surface area contributed by atoms with E-state index in [1.54, 1.807) is 42.7 Å². The van der Waals surface area contributed by atoms with Gasteiger partial charge >= 0.3 is 0 Å². The molecular weight excluding hydrogens is 354 g/mol. The molecule has 0 N–H and O–H groups in total. The molecule has 0 radical (unpaired) electrons. The first-order valence-corrected chi connectivity index (χ1v) is 9.45. The number of hydrogen-bond donors (Lipinski definition) is 0. The van der Waals surface area contributed by atoms with E-state index in [4.69, 9.17) is 4.74 Å². The number of benzene rings is 1. The Bertz CT molecular complexity index is 874. The zero-order chi connectivity index (χ0) is 17.8. The Hall–Kier alpha value is -2.25. The topological polar surface area (TPSA) is 65.0 Å². The second-order valence-electron chi connectivity index (χ2n) is 5.34. The first kappa shape index (κ1) is 17.6. The maximum atomic E-state index is 12.2. The van der Waals surface area contributed by atoms with Crippen LogP contribution in [-0.4, -0.2) is 33.8 Å². The molecule has 0 atom stereocenters. The van der Waals surface area contributed by atoms with E-state index in [1.807, 2.05) is 26.0 Å². The number of hydrogen-bond acceptors (Lipinski definition) is 7. The van der Waals surface area contributed by atoms with E-state index >= 15 is 0 Å². The molecule has 0 spiro atoms. The van der Waals surface area contributed by atoms with E-state index < -0.39 is 0 Å². The van der Waals surface area contributed by atoms with E-state index in [0.29, 0.717) is 11.3 Å². The van der Waals surface area contributed by atoms with Crippen LogP contribution < -0.4 is 4.74 Å². The average molecular weight is 371 g/mol. The number of carbonyl (C=O) groups is 1. The van der Waals surface area contributed by atoms with Crippen molar-refractivity contribution in [3.63, 3.8) is 0 Å². The molecule has 0 unspecified atom stereocenters. The summed E-state index contributed by atoms with van der Waals surface area (Å²) in [5.74, 6) is 1.10. The molecule has 0 aliphatic heterocycles. The highest BCUT2D eigenvalue weighted by molar-refractivity contribution is 7.99. The number of Topliss-reactive ketones (excluding diaryl/α,β-unsaturated/α-hetero) is 1. The van der Waals surface area contributed by atoms with Gasteiger partial charge in [0.05, 0.1) is 28.4 Å². The van der Waals surface area contributed by atoms with Crippen LogP contribution in [0.2, 0.25) is 0 Å². The van der Waals surface area contributed by atoms with E-state index in [9.17, 15) is 4.79 Å². The highest BCUT2D eigenvalue weighted by Gasteiger charge is 2.11. The van der Waals surface area contributed by atoms with Gasteiger partial charge in [-0.25, -0.2) is 4.98 Å². The smallest absolute Gasteiger partial charge is 0.173 e. The SMILES string of the molecule is COc1ccc(C(=O)CSc2ccc(-c3sc(C)nc3C)nn2)cc1. The number of carbonyl (C=O) groups excluding carboxylic acids is 1. The fourth-order valence-corrected chi connectivity index (χ4v) is 3.88. The Morgan fingerprint density at radius 2 is 1.88 bits per heavy atom. The van der Waals surface area contributed by atoms with Crippen LogP contribution in [0.1, 0.15) is 21.1 Å². The number of aryl methyl sites for hydroxylation is 2. The lowest BCUT2D eigenvalue weighted by molar-refractivity contribution is 0.102. The van der Waals surface area contributed by atoms with Crippen molar-refractivity contribution in [1.29, 1.82) is 0 Å². The zero-order valence-electron chi connectivity index (χ0n) is 14.1. The van der Waals surface area contributed by atoms with Crippen LogP contribution >= 0.6 is 23.1 Å². The monoisotopic (exact) mass is 371 g/mol. The maximum absolute atomic E-state index is 12.2. The number of nitrogens with zero attached hydrogens (tertiary/aromatic N) is 3. The molecule has 0 saturated heterocycles. The minimum Gasteiger partial charge on any atom is -0.497 e. The van der Waals surface area contributed by atoms with Gasteiger partial charge in [0.25, 0.3) is 0 Å². The summed E-state index contributed by atoms with van der Waals surface area (Å²) in [6.07, 6.45) is 0. The van der Waals surface area contributed by atoms with Crippen LogP contribution in [-0.2, 0) is 0 Å². The van der Waals surface area contributed by atoms with Crippen molar-refractivity contribution in [2.75, 3.05) is 12.9 Å². The quantitative estimate of drug-likeness (QED) is 0.478. The number of ketones is 1. The normalized spacial score (nSPS) is 10.7. The third-order valence-electron chi connectivity index (χ3n) is 3.54. The molecule has 0 saturated carbocycles. The molecule has 128 valence electrons. The molecular formula is C18H17N3O2S2. The Morgan fingerprint density at radius 1 is 1.12 bits per heavy atom. The van der Waals surface area contributed by atoms with Crippen molar-refractivity contribution in [3.8, 4) is 16.3 Å². The second-order valence-corrected chi connectivity index (χ2v) is 7.54. The van der Waals surface area contributed by atoms with Crippen LogP contribution in [0.15, 0.2) is 41.4 Å². The predicted octanol–water partition coefficient (Wildman–Crippen LogP) is 4.20. The number of rotatable bonds is 6. The first-order valence-electron chi connectivity index (χ1n) is 7.65. The molecule has 3 aromatic rings. The van der Waals surface area contributed by atoms with Crippen molar-refractivity contribution in [2.24, 2.45) is 0 Å². The van der Waals surface area contributed by atoms with Crippen LogP contribution in [0.4, 0.5) is 0 Å². The molecule has 2 heterocycles. The molecule has 0 amide bonds. The largest absolute Gasteiger partial charge is 0.497 e. The number of ether oxygens (including phenoxy) is 1. The lowest BCUT2D eigenvalue weighted by atomic mass is 10.1. The Kier molecular flexibility index (Phi) is 5.45. The van der Waals surface area contributed by atoms with Gasteiger partial charge in [0.15, 0.2) is 5.78 Å². The summed E-state index contributed by atoms with van der Waals surface area (Å²) < 4.78 is 5.10. The van der Waals surface area contributed by atoms with Crippen LogP contribution in [0.3, 0.4) is 0 Å². The zero-order valence-corrected chi connectivity index (χ0v) is 15.8. The van der Waals surface area contributed by atoms with E-state index in [2.05, 4.69) is 15.2 Å². The molecule has 25 heavy (non-hydrogen) atoms. The van der Waals surface area contributed by atoms with E-state index in [-0.39, 0.29) is 5.78 Å². The summed E-state index contributed by atoms with van der Waals surface area (Å²) in [5.41, 5.74) is 2.44. The molecule has 1 aromatic carbocycles. The summed E-state index contributed by atoms with van der Waals surface area (Å²) in [6.45, 7) is 3.94. The third kappa shape index (κ3) is 4.24. The van der Waals surface area contributed by atoms with Crippen molar-refractivity contribution >= 4 is 28.9 Å². The molecule has 5 nitrogen and oxygen atoms in total. The van der Waals surface area contributed by atoms with Gasteiger partial charge in [-0.05, 0) is 50.2 Å². The van der Waals surface area contributed by atoms with Crippen LogP contribution in [0.25, 0.3) is 10.6 Å². The van der Waals surface area contributed by atoms with Gasteiger partial charge in [0.2, 0.25) is 0 Å². The second kappa shape index (κ2) is 7.76. The van der Waals surface area contributed by atoms with Gasteiger partial charge < -0.3 is 4.74 Å². The predicted molar refractivity (Wildman–Crippen MR) is 101 cm³/mol. The summed E-state index contributed by atoms with van der Waals surface area (Å²) in [5, 5.41) is 10.2. The van der Waals surface area contributed by atoms with E-state index in [1.165, 1.54) is 11.8 Å². The molecule has 0 aliphatic carbocycles. The number of aromatic nitrogens is 3. The molecule has 2 aromatic heterocycles. The standard InChI is InChI=1S/C18H17N3O2S2/c1-11-18(25-12(2)19-11)15-8-9-17(21-20-15)24-10-16(22)13-4-6-14(23-3)7-5-13/h4-9H,10H2,1-3H3. The lowest BCUT2D eigenvalue weighted by Crippen LogP contribution is -2.02. The Morgan fingerprint density at radius 3 is 2.44 bits per heavy atom. The van der Waals surface area contributed by atoms with E-state index in [0.717, 1.165) is 32.0 Å². The maximum Gasteiger partial charge on any atom is 0.173 e. The molecule has 0 bridgehead atoms. The fraction of sp³-hybridized carbons (Fsp3) is 0.222. The summed E-state index contributed by atoms with van der Waals surface area (Å²) >= 11 is 2.99. The van der Waals surface area contributed by atoms with Crippen LogP contribution in [0, 0.1) is 13.8 Å². The van der Waals surface area contributed by atoms with Crippen molar-refractivity contribution < 1.29 is 9.53 Å². The summed E-state index contributed by atoms with van der Waals surface area (Å²) in [6, 6.07) is 10.9. The lowest BCUT2D eigenvalue weighted by Gasteiger charge is -2.03. The van der Waals surface area contributed by atoms with Gasteiger partial charge in [-0.3, -0.25) is 4.79 Å². The van der Waals surface area contributed by atoms with Gasteiger partial charge in [-0.15, -0.1) is 21.5 Å². The molecule has 0 aliphatic rings. The highest BCUT2D eigenvalue weighted by Crippen LogP contribution is 2.28. The molecule has 0 fully saturated rings. The van der Waals surface area contributed by atoms with Crippen molar-refractivity contribution in [2.45, 2.75) is 18.9 Å². The minimum absolute atomic E-state index is 0.0486. The highest BCUT2D eigenvalue weighted by atomic mass is 32.2. The van der Waals surface area contributed by atoms with Gasteiger partial charge in [0, 0.05) is 5.56 Å². The Balaban J connectivity index is 1.63. The van der Waals surface area contributed by atoms with Crippen LogP contribution in [0.5, 0.6) is 5.75 Å². The first-order chi connectivity index (χ1) is 12.1. The van der Waals surface area contributed by atoms with Crippen molar-refractivity contribution in [1.82, 2.24) is 15.2 Å². The minimum atomic E-state index is 0.0486. The molecule has 7 heteroatoms. The van der Waals surface area contributed by atoms with Crippen molar-refractivity contribution in [3.05, 3.63) is 52.7 Å². The van der Waals surface area contributed by atoms with Gasteiger partial charge in [0.1, 0.15) is 16.5 Å². The fourth-order valence-electron chi connectivity index (χ4n) is 2.29. The van der Waals surface area contributed by atoms with Gasteiger partial charge in [-0.2, -0.15) is 0 Å².